The Hall–Kier alpha value is -3.04. The zero-order valence-electron chi connectivity index (χ0n) is 17.5. The van der Waals surface area contributed by atoms with Gasteiger partial charge in [0.15, 0.2) is 0 Å². The van der Waals surface area contributed by atoms with E-state index >= 15 is 0 Å². The molecule has 0 spiro atoms. The number of carbonyl (C=O) groups excluding carboxylic acids is 1. The van der Waals surface area contributed by atoms with Crippen LogP contribution >= 0.6 is 0 Å². The van der Waals surface area contributed by atoms with Crippen LogP contribution in [0.2, 0.25) is 0 Å². The quantitative estimate of drug-likeness (QED) is 0.593. The number of nitrogens with one attached hydrogen (secondary N) is 1. The first kappa shape index (κ1) is 22.2. The summed E-state index contributed by atoms with van der Waals surface area (Å²) in [6.45, 7) is 1.58. The summed E-state index contributed by atoms with van der Waals surface area (Å²) in [6.07, 6.45) is 6.63. The molecule has 2 heterocycles. The molecule has 1 saturated heterocycles. The molecule has 0 saturated carbocycles. The average molecular weight is 457 g/mol. The van der Waals surface area contributed by atoms with Crippen molar-refractivity contribution in [2.75, 3.05) is 13.1 Å². The van der Waals surface area contributed by atoms with Crippen LogP contribution < -0.4 is 5.32 Å². The van der Waals surface area contributed by atoms with Crippen LogP contribution in [0.5, 0.6) is 0 Å². The third kappa shape index (κ3) is 5.23. The fourth-order valence-electron chi connectivity index (χ4n) is 3.82. The third-order valence-corrected chi connectivity index (χ3v) is 7.50. The van der Waals surface area contributed by atoms with E-state index < -0.39 is 21.8 Å². The Morgan fingerprint density at radius 2 is 1.81 bits per heavy atom. The van der Waals surface area contributed by atoms with Crippen molar-refractivity contribution in [2.45, 2.75) is 30.8 Å². The average Bonchev–Trinajstić information content (AvgIpc) is 3.32. The molecule has 32 heavy (non-hydrogen) atoms. The van der Waals surface area contributed by atoms with E-state index in [0.717, 1.165) is 29.8 Å². The number of hydrogen-bond acceptors (Lipinski definition) is 4. The molecule has 1 aromatic heterocycles. The molecule has 168 valence electrons. The molecule has 1 fully saturated rings. The van der Waals surface area contributed by atoms with Gasteiger partial charge in [-0.2, -0.15) is 4.31 Å². The van der Waals surface area contributed by atoms with Crippen molar-refractivity contribution in [1.82, 2.24) is 19.2 Å². The number of nitrogens with zero attached hydrogens (tertiary/aromatic N) is 3. The van der Waals surface area contributed by atoms with Crippen molar-refractivity contribution in [2.24, 2.45) is 5.92 Å². The van der Waals surface area contributed by atoms with Gasteiger partial charge in [-0.3, -0.25) is 4.79 Å². The van der Waals surface area contributed by atoms with Crippen molar-refractivity contribution in [3.63, 3.8) is 0 Å². The molecule has 2 aromatic carbocycles. The summed E-state index contributed by atoms with van der Waals surface area (Å²) in [4.78, 5) is 16.8. The molecule has 0 aliphatic carbocycles. The van der Waals surface area contributed by atoms with Crippen LogP contribution in [0.15, 0.2) is 72.1 Å². The van der Waals surface area contributed by atoms with Gasteiger partial charge in [-0.25, -0.2) is 17.8 Å². The first-order valence-corrected chi connectivity index (χ1v) is 11.9. The lowest BCUT2D eigenvalue weighted by Crippen LogP contribution is -2.45. The van der Waals surface area contributed by atoms with Crippen LogP contribution in [0.1, 0.15) is 24.0 Å². The molecule has 0 unspecified atom stereocenters. The predicted octanol–water partition coefficient (Wildman–Crippen LogP) is 2.79. The number of halogens is 1. The molecule has 7 nitrogen and oxygen atoms in total. The highest BCUT2D eigenvalue weighted by Crippen LogP contribution is 2.24. The van der Waals surface area contributed by atoms with Gasteiger partial charge >= 0.3 is 0 Å². The SMILES string of the molecule is O=C(NCc1ccc(Cn2ccnc2)cc1)[C@@H]1CCCN(S(=O)(=O)c2ccc(F)cc2)C1. The van der Waals surface area contributed by atoms with Crippen molar-refractivity contribution in [3.8, 4) is 0 Å². The summed E-state index contributed by atoms with van der Waals surface area (Å²) < 4.78 is 42.2. The molecule has 3 aromatic rings. The van der Waals surface area contributed by atoms with E-state index in [1.807, 2.05) is 35.0 Å². The first-order valence-electron chi connectivity index (χ1n) is 10.5. The standard InChI is InChI=1S/C23H25FN4O3S/c24-21-7-9-22(10-8-21)32(30,31)28-12-1-2-20(16-28)23(29)26-14-18-3-5-19(6-4-18)15-27-13-11-25-17-27/h3-11,13,17,20H,1-2,12,14-16H2,(H,26,29)/t20-/m1/s1. The van der Waals surface area contributed by atoms with Crippen molar-refractivity contribution >= 4 is 15.9 Å². The van der Waals surface area contributed by atoms with Gasteiger partial charge in [0.2, 0.25) is 15.9 Å². The molecular formula is C23H25FN4O3S. The number of sulfonamides is 1. The second kappa shape index (κ2) is 9.62. The van der Waals surface area contributed by atoms with Gasteiger partial charge in [0.25, 0.3) is 0 Å². The van der Waals surface area contributed by atoms with Crippen molar-refractivity contribution in [1.29, 1.82) is 0 Å². The Bertz CT molecular complexity index is 1150. The fraction of sp³-hybridized carbons (Fsp3) is 0.304. The lowest BCUT2D eigenvalue weighted by atomic mass is 9.98. The van der Waals surface area contributed by atoms with E-state index in [4.69, 9.17) is 0 Å². The molecule has 1 atom stereocenters. The summed E-state index contributed by atoms with van der Waals surface area (Å²) in [6, 6.07) is 12.7. The Kier molecular flexibility index (Phi) is 6.66. The van der Waals surface area contributed by atoms with Crippen LogP contribution in [-0.2, 0) is 27.9 Å². The minimum atomic E-state index is -3.76. The maximum Gasteiger partial charge on any atom is 0.243 e. The second-order valence-electron chi connectivity index (χ2n) is 7.93. The van der Waals surface area contributed by atoms with Gasteiger partial charge in [0.1, 0.15) is 5.82 Å². The lowest BCUT2D eigenvalue weighted by Gasteiger charge is -2.31. The second-order valence-corrected chi connectivity index (χ2v) is 9.86. The number of aromatic nitrogens is 2. The molecule has 1 aliphatic heterocycles. The summed E-state index contributed by atoms with van der Waals surface area (Å²) in [5.74, 6) is -1.07. The van der Waals surface area contributed by atoms with E-state index in [2.05, 4.69) is 10.3 Å². The Labute approximate surface area is 186 Å². The van der Waals surface area contributed by atoms with Crippen LogP contribution in [0.25, 0.3) is 0 Å². The Morgan fingerprint density at radius 1 is 1.09 bits per heavy atom. The van der Waals surface area contributed by atoms with Crippen LogP contribution in [-0.4, -0.2) is 41.3 Å². The number of amides is 1. The molecule has 1 amide bonds. The largest absolute Gasteiger partial charge is 0.352 e. The molecule has 9 heteroatoms. The predicted molar refractivity (Wildman–Crippen MR) is 118 cm³/mol. The van der Waals surface area contributed by atoms with Crippen LogP contribution in [0.3, 0.4) is 0 Å². The van der Waals surface area contributed by atoms with E-state index in [-0.39, 0.29) is 17.3 Å². The minimum absolute atomic E-state index is 0.0377. The number of hydrogen-bond donors (Lipinski definition) is 1. The molecule has 1 N–H and O–H groups in total. The van der Waals surface area contributed by atoms with Crippen molar-refractivity contribution in [3.05, 3.63) is 84.2 Å². The highest BCUT2D eigenvalue weighted by atomic mass is 32.2. The molecule has 0 radical (unpaired) electrons. The number of benzene rings is 2. The molecule has 0 bridgehead atoms. The van der Waals surface area contributed by atoms with Crippen LogP contribution in [0, 0.1) is 11.7 Å². The maximum absolute atomic E-state index is 13.2. The number of imidazole rings is 1. The number of piperidine rings is 1. The summed E-state index contributed by atoms with van der Waals surface area (Å²) >= 11 is 0. The first-order chi connectivity index (χ1) is 15.4. The molecule has 1 aliphatic rings. The minimum Gasteiger partial charge on any atom is -0.352 e. The topological polar surface area (TPSA) is 84.3 Å². The zero-order chi connectivity index (χ0) is 22.6. The van der Waals surface area contributed by atoms with E-state index in [0.29, 0.717) is 25.9 Å². The summed E-state index contributed by atoms with van der Waals surface area (Å²) in [5.41, 5.74) is 2.10. The lowest BCUT2D eigenvalue weighted by molar-refractivity contribution is -0.126. The van der Waals surface area contributed by atoms with Gasteiger partial charge in [-0.1, -0.05) is 24.3 Å². The monoisotopic (exact) mass is 456 g/mol. The van der Waals surface area contributed by atoms with E-state index in [1.54, 1.807) is 12.5 Å². The van der Waals surface area contributed by atoms with Gasteiger partial charge < -0.3 is 9.88 Å². The highest BCUT2D eigenvalue weighted by molar-refractivity contribution is 7.89. The van der Waals surface area contributed by atoms with E-state index in [9.17, 15) is 17.6 Å². The Morgan fingerprint density at radius 3 is 2.50 bits per heavy atom. The van der Waals surface area contributed by atoms with Gasteiger partial charge in [0.05, 0.1) is 17.1 Å². The maximum atomic E-state index is 13.2. The zero-order valence-corrected chi connectivity index (χ0v) is 18.3. The Balaban J connectivity index is 1.33. The van der Waals surface area contributed by atoms with Gasteiger partial charge in [0, 0.05) is 38.6 Å². The van der Waals surface area contributed by atoms with Crippen molar-refractivity contribution < 1.29 is 17.6 Å². The van der Waals surface area contributed by atoms with Gasteiger partial charge in [-0.05, 0) is 48.2 Å². The molecular weight excluding hydrogens is 431 g/mol. The molecule has 4 rings (SSSR count). The normalized spacial score (nSPS) is 17.2. The number of carbonyl (C=O) groups is 1. The summed E-state index contributed by atoms with van der Waals surface area (Å²) in [7, 11) is -3.76. The highest BCUT2D eigenvalue weighted by Gasteiger charge is 2.33. The summed E-state index contributed by atoms with van der Waals surface area (Å²) in [5, 5.41) is 2.93. The van der Waals surface area contributed by atoms with Gasteiger partial charge in [-0.15, -0.1) is 0 Å². The smallest absolute Gasteiger partial charge is 0.243 e. The number of rotatable bonds is 7. The third-order valence-electron chi connectivity index (χ3n) is 5.62. The van der Waals surface area contributed by atoms with E-state index in [1.165, 1.54) is 16.4 Å². The fourth-order valence-corrected chi connectivity index (χ4v) is 5.34. The van der Waals surface area contributed by atoms with Crippen LogP contribution in [0.4, 0.5) is 4.39 Å².